The summed E-state index contributed by atoms with van der Waals surface area (Å²) in [6.07, 6.45) is 0. The van der Waals surface area contributed by atoms with Crippen molar-refractivity contribution < 1.29 is 18.0 Å². The SMILES string of the molecule is Cc1ccc(S(=O)(=O)Nc2ccc(NC(=O)C(C)NC(=O)c3cccc(C)c3)cc2)cc1. The van der Waals surface area contributed by atoms with Gasteiger partial charge in [0.1, 0.15) is 6.04 Å². The van der Waals surface area contributed by atoms with E-state index >= 15 is 0 Å². The number of rotatable bonds is 7. The van der Waals surface area contributed by atoms with Crippen LogP contribution in [-0.4, -0.2) is 26.3 Å². The molecule has 0 saturated carbocycles. The molecule has 3 N–H and O–H groups in total. The van der Waals surface area contributed by atoms with E-state index in [0.29, 0.717) is 16.9 Å². The van der Waals surface area contributed by atoms with Crippen LogP contribution in [-0.2, 0) is 14.8 Å². The Hall–Kier alpha value is -3.65. The Bertz CT molecular complexity index is 1220. The van der Waals surface area contributed by atoms with Gasteiger partial charge in [-0.1, -0.05) is 35.4 Å². The number of sulfonamides is 1. The average molecular weight is 452 g/mol. The zero-order chi connectivity index (χ0) is 23.3. The Morgan fingerprint density at radius 2 is 1.44 bits per heavy atom. The highest BCUT2D eigenvalue weighted by atomic mass is 32.2. The molecule has 3 aromatic carbocycles. The van der Waals surface area contributed by atoms with E-state index in [9.17, 15) is 18.0 Å². The van der Waals surface area contributed by atoms with Crippen molar-refractivity contribution in [3.8, 4) is 0 Å². The van der Waals surface area contributed by atoms with Gasteiger partial charge in [-0.15, -0.1) is 0 Å². The summed E-state index contributed by atoms with van der Waals surface area (Å²) in [6, 6.07) is 19.1. The quantitative estimate of drug-likeness (QED) is 0.507. The molecule has 0 heterocycles. The molecule has 1 unspecified atom stereocenters. The summed E-state index contributed by atoms with van der Waals surface area (Å²) in [5.74, 6) is -0.726. The summed E-state index contributed by atoms with van der Waals surface area (Å²) in [5.41, 5.74) is 3.24. The number of nitrogens with one attached hydrogen (secondary N) is 3. The van der Waals surface area contributed by atoms with Gasteiger partial charge in [0.05, 0.1) is 4.90 Å². The van der Waals surface area contributed by atoms with Crippen LogP contribution in [0.3, 0.4) is 0 Å². The first-order chi connectivity index (χ1) is 15.1. The molecule has 0 aliphatic carbocycles. The van der Waals surface area contributed by atoms with E-state index in [1.165, 1.54) is 0 Å². The molecule has 0 aliphatic rings. The second-order valence-electron chi connectivity index (χ2n) is 7.55. The molecule has 0 bridgehead atoms. The van der Waals surface area contributed by atoms with Crippen molar-refractivity contribution in [2.75, 3.05) is 10.0 Å². The van der Waals surface area contributed by atoms with Gasteiger partial charge in [-0.05, 0) is 69.3 Å². The fraction of sp³-hybridized carbons (Fsp3) is 0.167. The van der Waals surface area contributed by atoms with Crippen LogP contribution in [0.4, 0.5) is 11.4 Å². The molecule has 1 atom stereocenters. The fourth-order valence-corrected chi connectivity index (χ4v) is 3.99. The lowest BCUT2D eigenvalue weighted by Gasteiger charge is -2.15. The molecule has 8 heteroatoms. The van der Waals surface area contributed by atoms with Gasteiger partial charge in [0.2, 0.25) is 5.91 Å². The third-order valence-corrected chi connectivity index (χ3v) is 6.15. The van der Waals surface area contributed by atoms with Crippen LogP contribution in [0.1, 0.15) is 28.4 Å². The van der Waals surface area contributed by atoms with E-state index in [1.54, 1.807) is 73.7 Å². The minimum atomic E-state index is -3.71. The summed E-state index contributed by atoms with van der Waals surface area (Å²) >= 11 is 0. The normalized spacial score (nSPS) is 12.0. The molecule has 2 amide bonds. The summed E-state index contributed by atoms with van der Waals surface area (Å²) < 4.78 is 27.5. The largest absolute Gasteiger partial charge is 0.341 e. The fourth-order valence-electron chi connectivity index (χ4n) is 2.94. The molecular weight excluding hydrogens is 426 g/mol. The Balaban J connectivity index is 1.59. The number of benzene rings is 3. The van der Waals surface area contributed by atoms with Crippen molar-refractivity contribution in [1.82, 2.24) is 5.32 Å². The highest BCUT2D eigenvalue weighted by Crippen LogP contribution is 2.19. The maximum Gasteiger partial charge on any atom is 0.261 e. The average Bonchev–Trinajstić information content (AvgIpc) is 2.75. The number of hydrogen-bond acceptors (Lipinski definition) is 4. The Morgan fingerprint density at radius 1 is 0.812 bits per heavy atom. The lowest BCUT2D eigenvalue weighted by Crippen LogP contribution is -2.41. The molecular formula is C24H25N3O4S. The molecule has 0 aliphatic heterocycles. The van der Waals surface area contributed by atoms with Crippen molar-refractivity contribution in [2.45, 2.75) is 31.7 Å². The van der Waals surface area contributed by atoms with Gasteiger partial charge in [0.25, 0.3) is 15.9 Å². The van der Waals surface area contributed by atoms with Gasteiger partial charge in [-0.25, -0.2) is 8.42 Å². The van der Waals surface area contributed by atoms with Gasteiger partial charge in [0, 0.05) is 16.9 Å². The molecule has 0 radical (unpaired) electrons. The molecule has 3 aromatic rings. The highest BCUT2D eigenvalue weighted by molar-refractivity contribution is 7.92. The van der Waals surface area contributed by atoms with Gasteiger partial charge in [-0.3, -0.25) is 14.3 Å². The zero-order valence-electron chi connectivity index (χ0n) is 18.0. The maximum atomic E-state index is 12.5. The summed E-state index contributed by atoms with van der Waals surface area (Å²) in [6.45, 7) is 5.36. The Labute approximate surface area is 187 Å². The van der Waals surface area contributed by atoms with Crippen molar-refractivity contribution >= 4 is 33.2 Å². The van der Waals surface area contributed by atoms with Gasteiger partial charge in [0.15, 0.2) is 0 Å². The minimum Gasteiger partial charge on any atom is -0.341 e. The van der Waals surface area contributed by atoms with Crippen molar-refractivity contribution in [3.05, 3.63) is 89.5 Å². The van der Waals surface area contributed by atoms with Crippen molar-refractivity contribution in [2.24, 2.45) is 0 Å². The molecule has 32 heavy (non-hydrogen) atoms. The molecule has 166 valence electrons. The molecule has 3 rings (SSSR count). The first-order valence-corrected chi connectivity index (χ1v) is 11.5. The monoisotopic (exact) mass is 451 g/mol. The number of hydrogen-bond donors (Lipinski definition) is 3. The number of carbonyl (C=O) groups is 2. The van der Waals surface area contributed by atoms with E-state index in [2.05, 4.69) is 15.4 Å². The van der Waals surface area contributed by atoms with E-state index < -0.39 is 16.1 Å². The molecule has 0 spiro atoms. The lowest BCUT2D eigenvalue weighted by molar-refractivity contribution is -0.117. The predicted octanol–water partition coefficient (Wildman–Crippen LogP) is 3.86. The predicted molar refractivity (Wildman–Crippen MR) is 125 cm³/mol. The minimum absolute atomic E-state index is 0.165. The van der Waals surface area contributed by atoms with Crippen LogP contribution >= 0.6 is 0 Å². The van der Waals surface area contributed by atoms with Gasteiger partial charge >= 0.3 is 0 Å². The van der Waals surface area contributed by atoms with E-state index in [4.69, 9.17) is 0 Å². The smallest absolute Gasteiger partial charge is 0.261 e. The highest BCUT2D eigenvalue weighted by Gasteiger charge is 2.17. The lowest BCUT2D eigenvalue weighted by atomic mass is 10.1. The number of carbonyl (C=O) groups excluding carboxylic acids is 2. The third kappa shape index (κ3) is 5.95. The van der Waals surface area contributed by atoms with Crippen LogP contribution in [0.25, 0.3) is 0 Å². The molecule has 0 aromatic heterocycles. The molecule has 7 nitrogen and oxygen atoms in total. The maximum absolute atomic E-state index is 12.5. The van der Waals surface area contributed by atoms with E-state index in [0.717, 1.165) is 11.1 Å². The van der Waals surface area contributed by atoms with E-state index in [1.807, 2.05) is 19.9 Å². The van der Waals surface area contributed by atoms with Crippen LogP contribution < -0.4 is 15.4 Å². The van der Waals surface area contributed by atoms with Gasteiger partial charge < -0.3 is 10.6 Å². The summed E-state index contributed by atoms with van der Waals surface area (Å²) in [7, 11) is -3.71. The van der Waals surface area contributed by atoms with Crippen molar-refractivity contribution in [1.29, 1.82) is 0 Å². The molecule has 0 saturated heterocycles. The van der Waals surface area contributed by atoms with Crippen LogP contribution in [0.2, 0.25) is 0 Å². The second-order valence-corrected chi connectivity index (χ2v) is 9.23. The summed E-state index contributed by atoms with van der Waals surface area (Å²) in [5, 5.41) is 5.37. The number of amides is 2. The van der Waals surface area contributed by atoms with E-state index in [-0.39, 0.29) is 16.7 Å². The van der Waals surface area contributed by atoms with Gasteiger partial charge in [-0.2, -0.15) is 0 Å². The van der Waals surface area contributed by atoms with Crippen LogP contribution in [0, 0.1) is 13.8 Å². The topological polar surface area (TPSA) is 104 Å². The number of aryl methyl sites for hydroxylation is 2. The second kappa shape index (κ2) is 9.65. The third-order valence-electron chi connectivity index (χ3n) is 4.76. The first-order valence-electron chi connectivity index (χ1n) is 10.0. The zero-order valence-corrected chi connectivity index (χ0v) is 18.9. The summed E-state index contributed by atoms with van der Waals surface area (Å²) in [4.78, 5) is 24.9. The molecule has 0 fully saturated rings. The van der Waals surface area contributed by atoms with Crippen LogP contribution in [0.5, 0.6) is 0 Å². The Kier molecular flexibility index (Phi) is 6.95. The van der Waals surface area contributed by atoms with Crippen LogP contribution in [0.15, 0.2) is 77.7 Å². The first kappa shape index (κ1) is 23.0. The number of anilines is 2. The standard InChI is InChI=1S/C24H25N3O4S/c1-16-7-13-22(14-8-16)32(30,31)27-21-11-9-20(10-12-21)26-23(28)18(3)25-24(29)19-6-4-5-17(2)15-19/h4-15,18,27H,1-3H3,(H,25,29)(H,26,28). The van der Waals surface area contributed by atoms with Crippen molar-refractivity contribution in [3.63, 3.8) is 0 Å². The Morgan fingerprint density at radius 3 is 2.06 bits per heavy atom.